The Morgan fingerprint density at radius 1 is 1.12 bits per heavy atom. The highest BCUT2D eigenvalue weighted by Crippen LogP contribution is 2.37. The summed E-state index contributed by atoms with van der Waals surface area (Å²) >= 11 is 11.9. The van der Waals surface area contributed by atoms with Crippen molar-refractivity contribution in [2.24, 2.45) is 0 Å². The Kier molecular flexibility index (Phi) is 3.74. The first-order valence-electron chi connectivity index (χ1n) is 5.49. The Morgan fingerprint density at radius 3 is 2.41 bits per heavy atom. The van der Waals surface area contributed by atoms with Gasteiger partial charge < -0.3 is 0 Å². The van der Waals surface area contributed by atoms with Crippen LogP contribution in [0.1, 0.15) is 31.2 Å². The van der Waals surface area contributed by atoms with Crippen molar-refractivity contribution >= 4 is 29.3 Å². The van der Waals surface area contributed by atoms with Gasteiger partial charge in [-0.1, -0.05) is 47.0 Å². The molecule has 0 bridgehead atoms. The van der Waals surface area contributed by atoms with Gasteiger partial charge in [0.15, 0.2) is 0 Å². The molecule has 0 radical (unpaired) electrons. The maximum absolute atomic E-state index is 13.0. The van der Waals surface area contributed by atoms with Crippen LogP contribution in [0.3, 0.4) is 0 Å². The van der Waals surface area contributed by atoms with Gasteiger partial charge in [-0.3, -0.25) is 0 Å². The molecule has 1 fully saturated rings. The summed E-state index contributed by atoms with van der Waals surface area (Å²) in [5, 5.41) is 0.973. The van der Waals surface area contributed by atoms with Gasteiger partial charge >= 0.3 is 0 Å². The lowest BCUT2D eigenvalue weighted by atomic mass is 9.90. The van der Waals surface area contributed by atoms with E-state index in [1.807, 2.05) is 12.1 Å². The van der Waals surface area contributed by atoms with Gasteiger partial charge in [0.2, 0.25) is 5.92 Å². The molecule has 0 nitrogen and oxygen atoms in total. The van der Waals surface area contributed by atoms with Gasteiger partial charge in [-0.25, -0.2) is 8.78 Å². The van der Waals surface area contributed by atoms with E-state index >= 15 is 0 Å². The first kappa shape index (κ1) is 12.8. The molecule has 1 aromatic rings. The van der Waals surface area contributed by atoms with Crippen LogP contribution in [-0.4, -0.2) is 5.92 Å². The molecule has 0 heterocycles. The summed E-state index contributed by atoms with van der Waals surface area (Å²) < 4.78 is 26.0. The van der Waals surface area contributed by atoms with Gasteiger partial charge in [0.25, 0.3) is 0 Å². The molecule has 0 saturated heterocycles. The molecule has 0 unspecified atom stereocenters. The molecule has 0 aromatic heterocycles. The van der Waals surface area contributed by atoms with Crippen LogP contribution in [-0.2, 0) is 0 Å². The first-order valence-corrected chi connectivity index (χ1v) is 6.25. The second kappa shape index (κ2) is 4.95. The van der Waals surface area contributed by atoms with Gasteiger partial charge in [0.05, 0.1) is 10.0 Å². The Balaban J connectivity index is 2.18. The fourth-order valence-electron chi connectivity index (χ4n) is 1.93. The predicted octanol–water partition coefficient (Wildman–Crippen LogP) is 5.59. The van der Waals surface area contributed by atoms with E-state index < -0.39 is 5.92 Å². The molecule has 0 N–H and O–H groups in total. The maximum atomic E-state index is 13.0. The van der Waals surface area contributed by atoms with E-state index in [1.165, 1.54) is 0 Å². The minimum atomic E-state index is -2.50. The lowest BCUT2D eigenvalue weighted by Gasteiger charge is -2.23. The number of halogens is 4. The number of rotatable bonds is 1. The summed E-state index contributed by atoms with van der Waals surface area (Å²) in [5.41, 5.74) is 1.82. The molecular formula is C13H12Cl2F2. The molecule has 1 aromatic carbocycles. The number of allylic oxidation sites excluding steroid dienone is 1. The molecule has 0 amide bonds. The highest BCUT2D eigenvalue weighted by molar-refractivity contribution is 6.42. The van der Waals surface area contributed by atoms with Crippen molar-refractivity contribution in [3.8, 4) is 0 Å². The Bertz CT molecular complexity index is 441. The van der Waals surface area contributed by atoms with E-state index in [4.69, 9.17) is 23.2 Å². The van der Waals surface area contributed by atoms with Crippen LogP contribution in [0.2, 0.25) is 10.0 Å². The standard InChI is InChI=1S/C13H12Cl2F2/c14-11-3-1-2-10(12(11)15)8-9-4-6-13(16,17)7-5-9/h1-3,8H,4-7H2. The number of hydrogen-bond acceptors (Lipinski definition) is 0. The topological polar surface area (TPSA) is 0 Å². The van der Waals surface area contributed by atoms with E-state index in [0.717, 1.165) is 11.1 Å². The zero-order valence-electron chi connectivity index (χ0n) is 9.15. The molecule has 4 heteroatoms. The third kappa shape index (κ3) is 3.20. The average molecular weight is 277 g/mol. The van der Waals surface area contributed by atoms with Crippen molar-refractivity contribution < 1.29 is 8.78 Å². The fourth-order valence-corrected chi connectivity index (χ4v) is 2.30. The van der Waals surface area contributed by atoms with Crippen molar-refractivity contribution in [1.29, 1.82) is 0 Å². The monoisotopic (exact) mass is 276 g/mol. The van der Waals surface area contributed by atoms with Gasteiger partial charge in [0, 0.05) is 12.8 Å². The third-order valence-electron chi connectivity index (χ3n) is 2.96. The minimum Gasteiger partial charge on any atom is -0.207 e. The van der Waals surface area contributed by atoms with E-state index in [0.29, 0.717) is 22.9 Å². The Labute approximate surface area is 109 Å². The van der Waals surface area contributed by atoms with Crippen LogP contribution >= 0.6 is 23.2 Å². The van der Waals surface area contributed by atoms with Crippen LogP contribution < -0.4 is 0 Å². The Hall–Kier alpha value is -0.600. The highest BCUT2D eigenvalue weighted by Gasteiger charge is 2.32. The third-order valence-corrected chi connectivity index (χ3v) is 3.80. The van der Waals surface area contributed by atoms with Crippen molar-refractivity contribution in [3.63, 3.8) is 0 Å². The van der Waals surface area contributed by atoms with E-state index in [-0.39, 0.29) is 12.8 Å². The number of hydrogen-bond donors (Lipinski definition) is 0. The summed E-state index contributed by atoms with van der Waals surface area (Å²) in [6, 6.07) is 5.35. The second-order valence-electron chi connectivity index (χ2n) is 4.30. The molecule has 0 atom stereocenters. The SMILES string of the molecule is FC1(F)CCC(=Cc2cccc(Cl)c2Cl)CC1. The van der Waals surface area contributed by atoms with Crippen LogP contribution in [0.4, 0.5) is 8.78 Å². The normalized spacial score (nSPS) is 19.2. The zero-order valence-corrected chi connectivity index (χ0v) is 10.7. The summed E-state index contributed by atoms with van der Waals surface area (Å²) in [4.78, 5) is 0. The second-order valence-corrected chi connectivity index (χ2v) is 5.09. The molecule has 92 valence electrons. The van der Waals surface area contributed by atoms with Crippen molar-refractivity contribution in [2.75, 3.05) is 0 Å². The van der Waals surface area contributed by atoms with Crippen LogP contribution in [0.25, 0.3) is 6.08 Å². The van der Waals surface area contributed by atoms with Gasteiger partial charge in [0.1, 0.15) is 0 Å². The average Bonchev–Trinajstić information content (AvgIpc) is 2.27. The predicted molar refractivity (Wildman–Crippen MR) is 67.9 cm³/mol. The zero-order chi connectivity index (χ0) is 12.5. The van der Waals surface area contributed by atoms with Gasteiger partial charge in [-0.05, 0) is 24.5 Å². The molecule has 1 saturated carbocycles. The quantitative estimate of drug-likeness (QED) is 0.628. The van der Waals surface area contributed by atoms with Gasteiger partial charge in [-0.2, -0.15) is 0 Å². The molecule has 1 aliphatic carbocycles. The minimum absolute atomic E-state index is 0.0724. The summed E-state index contributed by atoms with van der Waals surface area (Å²) in [5.74, 6) is -2.50. The van der Waals surface area contributed by atoms with E-state index in [2.05, 4.69) is 0 Å². The lowest BCUT2D eigenvalue weighted by molar-refractivity contribution is -0.0243. The molecule has 17 heavy (non-hydrogen) atoms. The van der Waals surface area contributed by atoms with Crippen molar-refractivity contribution in [1.82, 2.24) is 0 Å². The largest absolute Gasteiger partial charge is 0.248 e. The smallest absolute Gasteiger partial charge is 0.207 e. The van der Waals surface area contributed by atoms with Crippen LogP contribution in [0.15, 0.2) is 23.8 Å². The summed E-state index contributed by atoms with van der Waals surface area (Å²) in [6.45, 7) is 0. The molecule has 0 aliphatic heterocycles. The first-order chi connectivity index (χ1) is 7.98. The van der Waals surface area contributed by atoms with Crippen molar-refractivity contribution in [2.45, 2.75) is 31.6 Å². The number of benzene rings is 1. The van der Waals surface area contributed by atoms with E-state index in [9.17, 15) is 8.78 Å². The van der Waals surface area contributed by atoms with Crippen LogP contribution in [0, 0.1) is 0 Å². The fraction of sp³-hybridized carbons (Fsp3) is 0.385. The number of alkyl halides is 2. The maximum Gasteiger partial charge on any atom is 0.248 e. The van der Waals surface area contributed by atoms with E-state index in [1.54, 1.807) is 12.1 Å². The lowest BCUT2D eigenvalue weighted by Crippen LogP contribution is -2.20. The summed E-state index contributed by atoms with van der Waals surface area (Å²) in [6.07, 6.45) is 2.59. The van der Waals surface area contributed by atoms with Crippen LogP contribution in [0.5, 0.6) is 0 Å². The highest BCUT2D eigenvalue weighted by atomic mass is 35.5. The Morgan fingerprint density at radius 2 is 1.76 bits per heavy atom. The molecule has 1 aliphatic rings. The molecule has 0 spiro atoms. The molecular weight excluding hydrogens is 265 g/mol. The molecule has 2 rings (SSSR count). The summed E-state index contributed by atoms with van der Waals surface area (Å²) in [7, 11) is 0. The van der Waals surface area contributed by atoms with Crippen molar-refractivity contribution in [3.05, 3.63) is 39.4 Å². The van der Waals surface area contributed by atoms with Gasteiger partial charge in [-0.15, -0.1) is 0 Å².